The maximum atomic E-state index is 13.2. The molecule has 0 radical (unpaired) electrons. The fraction of sp³-hybridized carbons (Fsp3) is 0.450. The number of hydrogen-bond acceptors (Lipinski definition) is 4. The van der Waals surface area contributed by atoms with Crippen LogP contribution in [0.15, 0.2) is 22.7 Å². The average Bonchev–Trinajstić information content (AvgIpc) is 3.32. The Balaban J connectivity index is 1.94. The molecule has 0 atom stereocenters. The smallest absolute Gasteiger partial charge is 0.254 e. The van der Waals surface area contributed by atoms with E-state index in [9.17, 15) is 4.79 Å². The second kappa shape index (κ2) is 6.27. The topological polar surface area (TPSA) is 64.2 Å². The Bertz CT molecular complexity index is 977. The Labute approximate surface area is 152 Å². The minimum absolute atomic E-state index is 0.0670. The normalized spacial score (nSPS) is 14.7. The monoisotopic (exact) mass is 352 g/mol. The zero-order chi connectivity index (χ0) is 18.4. The SMILES string of the molecule is Cc1cc(-c2cc(C(=O)N3CCCC3)c3cnn(C(C)C)c3n2)c(C)o1. The number of carbonyl (C=O) groups is 1. The minimum atomic E-state index is 0.0670. The summed E-state index contributed by atoms with van der Waals surface area (Å²) in [6, 6.07) is 4.04. The lowest BCUT2D eigenvalue weighted by Crippen LogP contribution is -2.27. The van der Waals surface area contributed by atoms with Crippen LogP contribution in [0.2, 0.25) is 0 Å². The van der Waals surface area contributed by atoms with Crippen LogP contribution in [0.1, 0.15) is 54.6 Å². The van der Waals surface area contributed by atoms with E-state index in [1.165, 1.54) is 0 Å². The molecule has 4 rings (SSSR count). The summed E-state index contributed by atoms with van der Waals surface area (Å²) in [7, 11) is 0. The van der Waals surface area contributed by atoms with Crippen molar-refractivity contribution in [2.75, 3.05) is 13.1 Å². The highest BCUT2D eigenvalue weighted by molar-refractivity contribution is 6.06. The highest BCUT2D eigenvalue weighted by Crippen LogP contribution is 2.31. The van der Waals surface area contributed by atoms with E-state index in [0.717, 1.165) is 59.7 Å². The molecule has 6 nitrogen and oxygen atoms in total. The highest BCUT2D eigenvalue weighted by Gasteiger charge is 2.25. The summed E-state index contributed by atoms with van der Waals surface area (Å²) in [5.41, 5.74) is 3.11. The summed E-state index contributed by atoms with van der Waals surface area (Å²) in [6.45, 7) is 9.62. The third kappa shape index (κ3) is 2.69. The van der Waals surface area contributed by atoms with Gasteiger partial charge in [-0.05, 0) is 52.7 Å². The first kappa shape index (κ1) is 16.8. The van der Waals surface area contributed by atoms with Crippen molar-refractivity contribution in [1.82, 2.24) is 19.7 Å². The van der Waals surface area contributed by atoms with Gasteiger partial charge in [-0.2, -0.15) is 5.10 Å². The first-order valence-corrected chi connectivity index (χ1v) is 9.20. The van der Waals surface area contributed by atoms with Gasteiger partial charge < -0.3 is 9.32 Å². The number of likely N-dealkylation sites (tertiary alicyclic amines) is 1. The fourth-order valence-electron chi connectivity index (χ4n) is 3.69. The second-order valence-corrected chi connectivity index (χ2v) is 7.30. The summed E-state index contributed by atoms with van der Waals surface area (Å²) in [6.07, 6.45) is 3.90. The van der Waals surface area contributed by atoms with E-state index >= 15 is 0 Å². The predicted molar refractivity (Wildman–Crippen MR) is 100 cm³/mol. The lowest BCUT2D eigenvalue weighted by atomic mass is 10.1. The third-order valence-corrected chi connectivity index (χ3v) is 5.00. The molecule has 1 aliphatic heterocycles. The van der Waals surface area contributed by atoms with E-state index in [1.54, 1.807) is 6.20 Å². The lowest BCUT2D eigenvalue weighted by Gasteiger charge is -2.16. The van der Waals surface area contributed by atoms with Crippen LogP contribution in [0.4, 0.5) is 0 Å². The number of hydrogen-bond donors (Lipinski definition) is 0. The molecule has 3 aromatic rings. The molecule has 3 aromatic heterocycles. The van der Waals surface area contributed by atoms with Crippen molar-refractivity contribution in [2.24, 2.45) is 0 Å². The largest absolute Gasteiger partial charge is 0.466 e. The van der Waals surface area contributed by atoms with E-state index < -0.39 is 0 Å². The first-order valence-electron chi connectivity index (χ1n) is 9.20. The first-order chi connectivity index (χ1) is 12.5. The Kier molecular flexibility index (Phi) is 4.05. The third-order valence-electron chi connectivity index (χ3n) is 5.00. The molecule has 6 heteroatoms. The van der Waals surface area contributed by atoms with Gasteiger partial charge in [0, 0.05) is 24.7 Å². The highest BCUT2D eigenvalue weighted by atomic mass is 16.3. The summed E-state index contributed by atoms with van der Waals surface area (Å²) in [5.74, 6) is 1.71. The number of pyridine rings is 1. The number of amides is 1. The van der Waals surface area contributed by atoms with E-state index in [1.807, 2.05) is 35.6 Å². The number of fused-ring (bicyclic) bond motifs is 1. The van der Waals surface area contributed by atoms with Crippen LogP contribution in [-0.2, 0) is 0 Å². The summed E-state index contributed by atoms with van der Waals surface area (Å²) in [4.78, 5) is 19.9. The maximum absolute atomic E-state index is 13.2. The van der Waals surface area contributed by atoms with Crippen LogP contribution in [0, 0.1) is 13.8 Å². The van der Waals surface area contributed by atoms with Crippen LogP contribution < -0.4 is 0 Å². The molecular weight excluding hydrogens is 328 g/mol. The number of aryl methyl sites for hydroxylation is 2. The van der Waals surface area contributed by atoms with Crippen LogP contribution in [0.25, 0.3) is 22.3 Å². The minimum Gasteiger partial charge on any atom is -0.466 e. The number of furan rings is 1. The summed E-state index contributed by atoms with van der Waals surface area (Å²) < 4.78 is 7.56. The van der Waals surface area contributed by atoms with Gasteiger partial charge in [0.25, 0.3) is 5.91 Å². The molecule has 0 spiro atoms. The van der Waals surface area contributed by atoms with Crippen molar-refractivity contribution >= 4 is 16.9 Å². The van der Waals surface area contributed by atoms with Gasteiger partial charge >= 0.3 is 0 Å². The number of nitrogens with zero attached hydrogens (tertiary/aromatic N) is 4. The van der Waals surface area contributed by atoms with Crippen LogP contribution >= 0.6 is 0 Å². The van der Waals surface area contributed by atoms with Crippen LogP contribution in [-0.4, -0.2) is 38.7 Å². The molecule has 0 saturated carbocycles. The zero-order valence-electron chi connectivity index (χ0n) is 15.7. The molecule has 0 aliphatic carbocycles. The van der Waals surface area contributed by atoms with Gasteiger partial charge in [0.05, 0.1) is 22.8 Å². The Morgan fingerprint density at radius 2 is 1.92 bits per heavy atom. The number of rotatable bonds is 3. The van der Waals surface area contributed by atoms with Crippen molar-refractivity contribution in [3.63, 3.8) is 0 Å². The summed E-state index contributed by atoms with van der Waals surface area (Å²) >= 11 is 0. The Morgan fingerprint density at radius 1 is 1.19 bits per heavy atom. The molecule has 0 bridgehead atoms. The van der Waals surface area contributed by atoms with Gasteiger partial charge in [-0.25, -0.2) is 9.67 Å². The molecule has 0 N–H and O–H groups in total. The van der Waals surface area contributed by atoms with E-state index in [2.05, 4.69) is 18.9 Å². The molecule has 26 heavy (non-hydrogen) atoms. The van der Waals surface area contributed by atoms with E-state index in [0.29, 0.717) is 5.56 Å². The van der Waals surface area contributed by atoms with Gasteiger partial charge in [-0.15, -0.1) is 0 Å². The lowest BCUT2D eigenvalue weighted by molar-refractivity contribution is 0.0794. The molecule has 1 fully saturated rings. The molecule has 0 aromatic carbocycles. The number of aromatic nitrogens is 3. The summed E-state index contributed by atoms with van der Waals surface area (Å²) in [5, 5.41) is 5.30. The van der Waals surface area contributed by atoms with Gasteiger partial charge in [-0.1, -0.05) is 0 Å². The van der Waals surface area contributed by atoms with Crippen molar-refractivity contribution in [2.45, 2.75) is 46.6 Å². The second-order valence-electron chi connectivity index (χ2n) is 7.30. The Morgan fingerprint density at radius 3 is 2.54 bits per heavy atom. The average molecular weight is 352 g/mol. The maximum Gasteiger partial charge on any atom is 0.254 e. The van der Waals surface area contributed by atoms with Crippen LogP contribution in [0.3, 0.4) is 0 Å². The fourth-order valence-corrected chi connectivity index (χ4v) is 3.69. The van der Waals surface area contributed by atoms with Gasteiger partial charge in [0.2, 0.25) is 0 Å². The van der Waals surface area contributed by atoms with Crippen molar-refractivity contribution < 1.29 is 9.21 Å². The van der Waals surface area contributed by atoms with Gasteiger partial charge in [0.15, 0.2) is 5.65 Å². The van der Waals surface area contributed by atoms with Gasteiger partial charge in [0.1, 0.15) is 11.5 Å². The molecule has 0 unspecified atom stereocenters. The molecule has 1 amide bonds. The van der Waals surface area contributed by atoms with Crippen LogP contribution in [0.5, 0.6) is 0 Å². The molecule has 1 saturated heterocycles. The van der Waals surface area contributed by atoms with Crippen molar-refractivity contribution in [3.8, 4) is 11.3 Å². The molecule has 1 aliphatic rings. The van der Waals surface area contributed by atoms with E-state index in [4.69, 9.17) is 9.40 Å². The standard InChI is InChI=1S/C20H24N4O2/c1-12(2)24-19-17(11-21-24)16(20(25)23-7-5-6-8-23)10-18(22-19)15-9-13(3)26-14(15)4/h9-12H,5-8H2,1-4H3. The zero-order valence-corrected chi connectivity index (χ0v) is 15.7. The van der Waals surface area contributed by atoms with Crippen molar-refractivity contribution in [1.29, 1.82) is 0 Å². The van der Waals surface area contributed by atoms with E-state index in [-0.39, 0.29) is 11.9 Å². The Hall–Kier alpha value is -2.63. The molecule has 136 valence electrons. The molecule has 4 heterocycles. The van der Waals surface area contributed by atoms with Gasteiger partial charge in [-0.3, -0.25) is 4.79 Å². The predicted octanol–water partition coefficient (Wildman–Crippen LogP) is 4.13. The quantitative estimate of drug-likeness (QED) is 0.711. The van der Waals surface area contributed by atoms with Crippen molar-refractivity contribution in [3.05, 3.63) is 35.4 Å². The molecular formula is C20H24N4O2. The number of carbonyl (C=O) groups excluding carboxylic acids is 1.